The number of aromatic hydroxyl groups is 1. The molecular weight excluding hydrogens is 1970 g/mol. The van der Waals surface area contributed by atoms with Crippen molar-refractivity contribution in [3.05, 3.63) is 102 Å². The lowest BCUT2D eigenvalue weighted by molar-refractivity contribution is -0.146. The number of carbonyl (C=O) groups excluding carboxylic acids is 20. The Bertz CT molecular complexity index is 5130. The van der Waals surface area contributed by atoms with E-state index < -0.39 is 322 Å². The molecule has 0 aromatic heterocycles. The average molecular weight is 2110 g/mol. The Kier molecular flexibility index (Phi) is 53.0. The number of aliphatic hydroxyl groups is 2. The van der Waals surface area contributed by atoms with Gasteiger partial charge in [-0.3, -0.25) is 115 Å². The molecule has 0 saturated carbocycles. The van der Waals surface area contributed by atoms with E-state index in [1.807, 2.05) is 0 Å². The summed E-state index contributed by atoms with van der Waals surface area (Å²) in [5.41, 5.74) is 24.4. The molecule has 33 N–H and O–H groups in total. The highest BCUT2D eigenvalue weighted by molar-refractivity contribution is 7.80. The molecule has 2 saturated heterocycles. The van der Waals surface area contributed by atoms with Gasteiger partial charge in [0.05, 0.1) is 44.9 Å². The maximum absolute atomic E-state index is 14.9. The largest absolute Gasteiger partial charge is 0.508 e. The lowest BCUT2D eigenvalue weighted by atomic mass is 9.97. The zero-order valence-corrected chi connectivity index (χ0v) is 82.6. The zero-order valence-electron chi connectivity index (χ0n) is 80.8. The van der Waals surface area contributed by atoms with Crippen LogP contribution < -0.4 is 119 Å². The summed E-state index contributed by atoms with van der Waals surface area (Å²) in [6.45, 7) is 2.68. The highest BCUT2D eigenvalue weighted by Crippen LogP contribution is 2.28. The summed E-state index contributed by atoms with van der Waals surface area (Å²) in [5.74, 6) is -21.5. The fraction of sp³-hybridized carbons (Fsp3) is 0.527. The molecule has 3 aromatic rings. The molecule has 20 amide bonds. The van der Waals surface area contributed by atoms with Crippen molar-refractivity contribution >= 4 is 173 Å². The molecule has 3 aromatic carbocycles. The van der Waals surface area contributed by atoms with Crippen LogP contribution in [0.1, 0.15) is 133 Å². The summed E-state index contributed by atoms with van der Waals surface area (Å²) in [7, 11) is 0. The summed E-state index contributed by atoms with van der Waals surface area (Å²) >= 11 is 8.64. The van der Waals surface area contributed by atoms with Crippen LogP contribution in [0.2, 0.25) is 0 Å². The van der Waals surface area contributed by atoms with Gasteiger partial charge in [0.25, 0.3) is 0 Å². The lowest BCUT2D eigenvalue weighted by Crippen LogP contribution is -2.62. The number of nitrogens with two attached hydrogens (primary N) is 5. The Morgan fingerprint density at radius 3 is 1.35 bits per heavy atom. The molecular formula is C91H132N24O30S2. The first-order valence-corrected chi connectivity index (χ1v) is 48.2. The van der Waals surface area contributed by atoms with Gasteiger partial charge in [0.15, 0.2) is 0 Å². The number of primary amides is 1. The Hall–Kier alpha value is -14.7. The molecule has 54 nitrogen and oxygen atoms in total. The number of hydrogen-bond acceptors (Lipinski definition) is 33. The summed E-state index contributed by atoms with van der Waals surface area (Å²) < 4.78 is 0. The Morgan fingerprint density at radius 2 is 0.844 bits per heavy atom. The second kappa shape index (κ2) is 63.5. The molecule has 3 unspecified atom stereocenters. The number of rotatable bonds is 65. The molecule has 808 valence electrons. The number of nitrogens with one attached hydrogen (secondary N) is 17. The van der Waals surface area contributed by atoms with Crippen molar-refractivity contribution in [3.8, 4) is 5.75 Å². The summed E-state index contributed by atoms with van der Waals surface area (Å²) in [6.07, 6.45) is -7.47. The van der Waals surface area contributed by atoms with Crippen LogP contribution in [0.5, 0.6) is 5.75 Å². The number of nitrogen functional groups attached to an aromatic ring is 1. The van der Waals surface area contributed by atoms with E-state index in [9.17, 15) is 141 Å². The first-order chi connectivity index (χ1) is 69.7. The van der Waals surface area contributed by atoms with E-state index in [0.29, 0.717) is 37.7 Å². The van der Waals surface area contributed by atoms with E-state index in [1.54, 1.807) is 42.5 Å². The number of unbranched alkanes of at least 4 members (excludes halogenated alkanes) is 1. The van der Waals surface area contributed by atoms with Gasteiger partial charge < -0.3 is 154 Å². The monoisotopic (exact) mass is 2100 g/mol. The van der Waals surface area contributed by atoms with Crippen LogP contribution in [-0.2, 0) is 128 Å². The number of anilines is 1. The first-order valence-electron chi connectivity index (χ1n) is 46.9. The Morgan fingerprint density at radius 1 is 0.429 bits per heavy atom. The number of carboxylic acids is 3. The minimum atomic E-state index is -2.17. The fourth-order valence-electron chi connectivity index (χ4n) is 15.2. The van der Waals surface area contributed by atoms with Crippen LogP contribution in [0.15, 0.2) is 85.4 Å². The van der Waals surface area contributed by atoms with Crippen molar-refractivity contribution in [2.75, 3.05) is 82.7 Å². The van der Waals surface area contributed by atoms with Crippen molar-refractivity contribution in [2.24, 2.45) is 23.1 Å². The molecule has 5 rings (SSSR count). The van der Waals surface area contributed by atoms with Crippen LogP contribution >= 0.6 is 25.3 Å². The molecule has 16 atom stereocenters. The lowest BCUT2D eigenvalue weighted by Gasteiger charge is -2.31. The van der Waals surface area contributed by atoms with Gasteiger partial charge in [-0.05, 0) is 132 Å². The van der Waals surface area contributed by atoms with Gasteiger partial charge >= 0.3 is 17.9 Å². The van der Waals surface area contributed by atoms with Gasteiger partial charge in [0.1, 0.15) is 96.9 Å². The number of aliphatic hydroxyl groups excluding tert-OH is 2. The molecule has 2 aliphatic heterocycles. The fourth-order valence-corrected chi connectivity index (χ4v) is 15.7. The third-order valence-corrected chi connectivity index (χ3v) is 23.8. The predicted molar refractivity (Wildman–Crippen MR) is 526 cm³/mol. The van der Waals surface area contributed by atoms with E-state index in [4.69, 9.17) is 28.8 Å². The van der Waals surface area contributed by atoms with Crippen molar-refractivity contribution in [1.82, 2.24) is 100 Å². The molecule has 147 heavy (non-hydrogen) atoms. The third kappa shape index (κ3) is 42.8. The second-order valence-electron chi connectivity index (χ2n) is 34.4. The maximum atomic E-state index is 14.9. The second-order valence-corrected chi connectivity index (χ2v) is 35.1. The molecule has 0 radical (unpaired) electrons. The molecule has 56 heteroatoms. The summed E-state index contributed by atoms with van der Waals surface area (Å²) in [4.78, 5) is 317. The number of phenols is 1. The topological polar surface area (TPSA) is 864 Å². The number of phenolic OH excluding ortho intramolecular Hbond substituents is 1. The van der Waals surface area contributed by atoms with Crippen LogP contribution in [0.4, 0.5) is 5.69 Å². The highest BCUT2D eigenvalue weighted by Gasteiger charge is 2.45. The van der Waals surface area contributed by atoms with Crippen molar-refractivity contribution < 1.29 is 146 Å². The average Bonchev–Trinajstić information content (AvgIpc) is 1.66. The number of para-hydroxylation sites is 1. The van der Waals surface area contributed by atoms with Crippen LogP contribution in [-0.4, -0.2) is 350 Å². The SMILES string of the molecule is C=C(C[C@H](NC(=O)[C@H](CS)NC(=O)[C@H](CCC(=O)O)NC(=O)[C@H](Cc1ccccc1)NC(=O)[C@H](CCCN)NC(=O)[C@@H]1CCCN1C(=O)[C@@H]1CCCN1C(=O)CN)C(=O)N[C@@H](CS)C(=O)N[C@@H](Cc1ccc(O)cc1)C(=O)N[C@@H](CCC(=O)O)C(=O)NC(C(=O)N[C@@H](CCC(=O)O)C(=O)NCC(=O)N[C@H](C(=O)NCC(=O)NCC(=O)NCC(=O)N[C@@H](CCCCNC(=O)CON)C(N)=O)C(C)O)C(C)O)c1ccccc1N. The molecule has 0 bridgehead atoms. The predicted octanol–water partition coefficient (Wildman–Crippen LogP) is -10.3. The normalized spacial score (nSPS) is 15.9. The van der Waals surface area contributed by atoms with Crippen molar-refractivity contribution in [3.63, 3.8) is 0 Å². The zero-order chi connectivity index (χ0) is 109. The van der Waals surface area contributed by atoms with Gasteiger partial charge in [0.2, 0.25) is 118 Å². The summed E-state index contributed by atoms with van der Waals surface area (Å²) in [6, 6.07) is -3.85. The maximum Gasteiger partial charge on any atom is 0.303 e. The number of carbonyl (C=O) groups is 23. The molecule has 2 fully saturated rings. The molecule has 0 spiro atoms. The van der Waals surface area contributed by atoms with Crippen molar-refractivity contribution in [2.45, 2.75) is 226 Å². The minimum absolute atomic E-state index is 0.0425. The van der Waals surface area contributed by atoms with E-state index in [2.05, 4.69) is 127 Å². The van der Waals surface area contributed by atoms with Gasteiger partial charge in [-0.25, -0.2) is 5.90 Å². The van der Waals surface area contributed by atoms with Crippen LogP contribution in [0.25, 0.3) is 5.57 Å². The number of aliphatic carboxylic acids is 3. The smallest absolute Gasteiger partial charge is 0.303 e. The standard InChI is InChI=1S/C91H132N24O30S2/c1-47(53-16-7-8-17-54(53)94)36-60(107-86(139)63(45-146)110-81(134)58(27-30-74(127)128)103-84(137)61(37-50-14-5-4-6-15-50)108-80(133)56(19-11-32-92)105-88(141)65-20-12-35-115(65)91(144)66-21-13-34-114(66)72(124)39-93)83(136)111-64(46-147)87(140)109-62(38-51-22-24-52(118)25-23-51)85(138)104-59(28-31-75(129)130)82(135)113-77(49(3)117)90(143)106-57(26-29-73(125)126)79(132)100-43-70(122)112-76(48(2)116)89(142)101-41-68(120)98-40-67(119)99-42-69(121)102-55(78(95)131)18-9-10-33-97-71(123)44-145-96/h4-8,14-17,22-25,48-49,55-66,76-77,116-118,146-147H,1,9-13,18-21,26-46,92-94,96H2,2-3H3,(H2,95,131)(H,97,123)(H,98,120)(H,99,119)(H,100,132)(H,101,142)(H,102,121)(H,103,137)(H,104,138)(H,105,141)(H,106,143)(H,107,139)(H,108,133)(H,109,140)(H,110,134)(H,111,136)(H,112,122)(H,113,135)(H,125,126)(H,127,128)(H,129,130)/t48?,49?,55-,56-,57-,58-,59-,60-,61-,62-,63-,64-,65-,66-,76-,77?/m0/s1. The Balaban J connectivity index is 1.31. The number of thiol groups is 2. The third-order valence-electron chi connectivity index (χ3n) is 23.0. The van der Waals surface area contributed by atoms with Crippen LogP contribution in [0, 0.1) is 0 Å². The Labute approximate surface area is 854 Å². The van der Waals surface area contributed by atoms with Gasteiger partial charge in [0, 0.05) is 80.9 Å². The van der Waals surface area contributed by atoms with Crippen molar-refractivity contribution in [1.29, 1.82) is 0 Å². The number of carboxylic acid groups (broad SMARTS) is 3. The summed E-state index contributed by atoms with van der Waals surface area (Å²) in [5, 5.41) is 101. The molecule has 2 aliphatic rings. The number of nitrogens with zero attached hydrogens (tertiary/aromatic N) is 2. The molecule has 0 aliphatic carbocycles. The van der Waals surface area contributed by atoms with Crippen LogP contribution in [0.3, 0.4) is 0 Å². The minimum Gasteiger partial charge on any atom is -0.508 e. The number of amides is 20. The van der Waals surface area contributed by atoms with E-state index in [-0.39, 0.29) is 99.6 Å². The quantitative estimate of drug-likeness (QED) is 0.0108. The van der Waals surface area contributed by atoms with Gasteiger partial charge in [-0.1, -0.05) is 67.2 Å². The van der Waals surface area contributed by atoms with E-state index >= 15 is 0 Å². The first kappa shape index (κ1) is 123. The van der Waals surface area contributed by atoms with E-state index in [1.165, 1.54) is 46.2 Å². The number of hydrogen-bond donors (Lipinski definition) is 30. The number of likely N-dealkylation sites (tertiary alicyclic amines) is 2. The van der Waals surface area contributed by atoms with Gasteiger partial charge in [-0.2, -0.15) is 25.3 Å². The van der Waals surface area contributed by atoms with Gasteiger partial charge in [-0.15, -0.1) is 0 Å². The van der Waals surface area contributed by atoms with E-state index in [0.717, 1.165) is 13.8 Å². The highest BCUT2D eigenvalue weighted by atomic mass is 32.1. The molecule has 2 heterocycles. The number of benzene rings is 3.